The zero-order valence-corrected chi connectivity index (χ0v) is 14.7. The normalized spacial score (nSPS) is 16.2. The van der Waals surface area contributed by atoms with E-state index in [1.165, 1.54) is 7.11 Å². The molecule has 3 heterocycles. The summed E-state index contributed by atoms with van der Waals surface area (Å²) >= 11 is 0. The van der Waals surface area contributed by atoms with E-state index in [1.54, 1.807) is 23.2 Å². The molecule has 26 heavy (non-hydrogen) atoms. The Bertz CT molecular complexity index is 938. The summed E-state index contributed by atoms with van der Waals surface area (Å²) in [5.41, 5.74) is 1.58. The minimum absolute atomic E-state index is 0.0620. The van der Waals surface area contributed by atoms with Gasteiger partial charge in [0.1, 0.15) is 0 Å². The molecule has 0 saturated heterocycles. The van der Waals surface area contributed by atoms with Crippen molar-refractivity contribution in [1.82, 2.24) is 24.6 Å². The summed E-state index contributed by atoms with van der Waals surface area (Å²) in [6.07, 6.45) is 1.58. The lowest BCUT2D eigenvalue weighted by Crippen LogP contribution is -2.40. The largest absolute Gasteiger partial charge is 0.481 e. The number of pyridine rings is 1. The molecule has 0 N–H and O–H groups in total. The molecule has 0 bridgehead atoms. The average molecular weight is 349 g/mol. The number of rotatable bonds is 3. The van der Waals surface area contributed by atoms with Gasteiger partial charge in [0.2, 0.25) is 5.88 Å². The highest BCUT2D eigenvalue weighted by Crippen LogP contribution is 2.28. The molecule has 1 aliphatic heterocycles. The summed E-state index contributed by atoms with van der Waals surface area (Å²) in [6, 6.07) is 13.4. The first-order valence-electron chi connectivity index (χ1n) is 8.46. The number of hydrogen-bond acceptors (Lipinski definition) is 5. The third-order valence-corrected chi connectivity index (χ3v) is 4.53. The summed E-state index contributed by atoms with van der Waals surface area (Å²) in [5, 5.41) is 8.68. The summed E-state index contributed by atoms with van der Waals surface area (Å²) in [7, 11) is 1.53. The van der Waals surface area contributed by atoms with Crippen LogP contribution in [-0.4, -0.2) is 44.2 Å². The van der Waals surface area contributed by atoms with Gasteiger partial charge < -0.3 is 14.2 Å². The van der Waals surface area contributed by atoms with Gasteiger partial charge in [-0.3, -0.25) is 4.79 Å². The van der Waals surface area contributed by atoms with Crippen molar-refractivity contribution in [3.63, 3.8) is 0 Å². The van der Waals surface area contributed by atoms with E-state index in [0.717, 1.165) is 17.2 Å². The molecule has 0 fully saturated rings. The van der Waals surface area contributed by atoms with Crippen LogP contribution in [0.5, 0.6) is 5.88 Å². The van der Waals surface area contributed by atoms with Crippen LogP contribution in [0.15, 0.2) is 48.7 Å². The highest BCUT2D eigenvalue weighted by atomic mass is 16.5. The molecule has 0 saturated carbocycles. The van der Waals surface area contributed by atoms with Crippen LogP contribution in [0.4, 0.5) is 0 Å². The van der Waals surface area contributed by atoms with Crippen LogP contribution >= 0.6 is 0 Å². The molecule has 3 aromatic rings. The zero-order valence-electron chi connectivity index (χ0n) is 14.7. The Kier molecular flexibility index (Phi) is 4.12. The van der Waals surface area contributed by atoms with E-state index in [1.807, 2.05) is 30.3 Å². The molecule has 7 nitrogen and oxygen atoms in total. The molecule has 0 spiro atoms. The number of hydrogen-bond donors (Lipinski definition) is 0. The number of methoxy groups -OCH3 is 1. The van der Waals surface area contributed by atoms with Crippen molar-refractivity contribution in [3.8, 4) is 17.3 Å². The lowest BCUT2D eigenvalue weighted by molar-refractivity contribution is 0.0681. The highest BCUT2D eigenvalue weighted by molar-refractivity contribution is 5.94. The van der Waals surface area contributed by atoms with Crippen LogP contribution < -0.4 is 4.74 Å². The van der Waals surface area contributed by atoms with Crippen LogP contribution in [0, 0.1) is 0 Å². The minimum atomic E-state index is -0.0620. The predicted octanol–water partition coefficient (Wildman–Crippen LogP) is 2.57. The molecule has 1 amide bonds. The zero-order chi connectivity index (χ0) is 18.1. The molecule has 2 aromatic heterocycles. The van der Waals surface area contributed by atoms with Crippen LogP contribution in [0.25, 0.3) is 11.4 Å². The first kappa shape index (κ1) is 16.3. The monoisotopic (exact) mass is 349 g/mol. The van der Waals surface area contributed by atoms with E-state index in [9.17, 15) is 4.79 Å². The van der Waals surface area contributed by atoms with E-state index in [4.69, 9.17) is 4.74 Å². The number of amides is 1. The van der Waals surface area contributed by atoms with Crippen molar-refractivity contribution in [2.75, 3.05) is 13.7 Å². The van der Waals surface area contributed by atoms with Gasteiger partial charge in [0.15, 0.2) is 11.6 Å². The van der Waals surface area contributed by atoms with Gasteiger partial charge in [-0.1, -0.05) is 30.3 Å². The van der Waals surface area contributed by atoms with Crippen molar-refractivity contribution in [2.24, 2.45) is 0 Å². The van der Waals surface area contributed by atoms with Crippen LogP contribution in [0.1, 0.15) is 29.1 Å². The molecule has 1 aromatic carbocycles. The lowest BCUT2D eigenvalue weighted by Gasteiger charge is -2.32. The summed E-state index contributed by atoms with van der Waals surface area (Å²) < 4.78 is 7.23. The third-order valence-electron chi connectivity index (χ3n) is 4.53. The van der Waals surface area contributed by atoms with E-state index >= 15 is 0 Å². The Morgan fingerprint density at radius 3 is 2.77 bits per heavy atom. The van der Waals surface area contributed by atoms with E-state index in [0.29, 0.717) is 24.5 Å². The molecule has 4 rings (SSSR count). The number of carbonyl (C=O) groups excluding carboxylic acids is 1. The fraction of sp³-hybridized carbons (Fsp3) is 0.263. The minimum Gasteiger partial charge on any atom is -0.481 e. The SMILES string of the molecule is COc1cc(C(=O)N2Cc3nnc(-c4ccccc4)n3[C@@H](C)C2)ccn1. The molecule has 1 atom stereocenters. The number of carbonyl (C=O) groups is 1. The third kappa shape index (κ3) is 2.81. The molecule has 1 aliphatic rings. The molecular weight excluding hydrogens is 330 g/mol. The Labute approximate surface area is 151 Å². The average Bonchev–Trinajstić information content (AvgIpc) is 3.13. The van der Waals surface area contributed by atoms with Gasteiger partial charge in [0.05, 0.1) is 19.7 Å². The van der Waals surface area contributed by atoms with E-state index < -0.39 is 0 Å². The highest BCUT2D eigenvalue weighted by Gasteiger charge is 2.30. The quantitative estimate of drug-likeness (QED) is 0.727. The van der Waals surface area contributed by atoms with Crippen molar-refractivity contribution < 1.29 is 9.53 Å². The van der Waals surface area contributed by atoms with E-state index in [-0.39, 0.29) is 11.9 Å². The van der Waals surface area contributed by atoms with Gasteiger partial charge >= 0.3 is 0 Å². The second-order valence-electron chi connectivity index (χ2n) is 6.30. The first-order valence-corrected chi connectivity index (χ1v) is 8.46. The summed E-state index contributed by atoms with van der Waals surface area (Å²) in [5.74, 6) is 1.99. The number of aromatic nitrogens is 4. The Morgan fingerprint density at radius 1 is 1.19 bits per heavy atom. The maximum atomic E-state index is 12.9. The van der Waals surface area contributed by atoms with Gasteiger partial charge in [0, 0.05) is 29.9 Å². The maximum Gasteiger partial charge on any atom is 0.254 e. The van der Waals surface area contributed by atoms with Gasteiger partial charge in [-0.05, 0) is 13.0 Å². The van der Waals surface area contributed by atoms with Crippen molar-refractivity contribution in [1.29, 1.82) is 0 Å². The number of nitrogens with zero attached hydrogens (tertiary/aromatic N) is 5. The van der Waals surface area contributed by atoms with Crippen molar-refractivity contribution in [2.45, 2.75) is 19.5 Å². The van der Waals surface area contributed by atoms with Gasteiger partial charge in [-0.25, -0.2) is 4.98 Å². The maximum absolute atomic E-state index is 12.9. The summed E-state index contributed by atoms with van der Waals surface area (Å²) in [4.78, 5) is 18.7. The van der Waals surface area contributed by atoms with Crippen LogP contribution in [0.2, 0.25) is 0 Å². The van der Waals surface area contributed by atoms with Gasteiger partial charge in [-0.2, -0.15) is 0 Å². The van der Waals surface area contributed by atoms with Crippen molar-refractivity contribution in [3.05, 3.63) is 60.0 Å². The molecule has 7 heteroatoms. The standard InChI is InChI=1S/C19H19N5O2/c1-13-11-23(19(25)15-8-9-20-17(10-15)26-2)12-16-21-22-18(24(13)16)14-6-4-3-5-7-14/h3-10,13H,11-12H2,1-2H3/t13-/m0/s1. The lowest BCUT2D eigenvalue weighted by atomic mass is 10.1. The second kappa shape index (κ2) is 6.59. The van der Waals surface area contributed by atoms with Crippen LogP contribution in [-0.2, 0) is 6.54 Å². The molecule has 0 unspecified atom stereocenters. The molecule has 0 radical (unpaired) electrons. The van der Waals surface area contributed by atoms with Crippen LogP contribution in [0.3, 0.4) is 0 Å². The van der Waals surface area contributed by atoms with E-state index in [2.05, 4.69) is 26.7 Å². The molecular formula is C19H19N5O2. The number of fused-ring (bicyclic) bond motifs is 1. The molecule has 132 valence electrons. The number of ether oxygens (including phenoxy) is 1. The fourth-order valence-corrected chi connectivity index (χ4v) is 3.31. The summed E-state index contributed by atoms with van der Waals surface area (Å²) in [6.45, 7) is 3.09. The first-order chi connectivity index (χ1) is 12.7. The predicted molar refractivity (Wildman–Crippen MR) is 95.7 cm³/mol. The van der Waals surface area contributed by atoms with Crippen molar-refractivity contribution >= 4 is 5.91 Å². The van der Waals surface area contributed by atoms with Gasteiger partial charge in [-0.15, -0.1) is 10.2 Å². The second-order valence-corrected chi connectivity index (χ2v) is 6.30. The topological polar surface area (TPSA) is 73.1 Å². The smallest absolute Gasteiger partial charge is 0.254 e. The van der Waals surface area contributed by atoms with Gasteiger partial charge in [0.25, 0.3) is 5.91 Å². The Balaban J connectivity index is 1.63. The number of benzene rings is 1. The Morgan fingerprint density at radius 2 is 2.00 bits per heavy atom. The molecule has 0 aliphatic carbocycles. The Hall–Kier alpha value is -3.22. The fourth-order valence-electron chi connectivity index (χ4n) is 3.31.